The molecule has 1 aliphatic heterocycles. The topological polar surface area (TPSA) is 61.5 Å². The van der Waals surface area contributed by atoms with Crippen molar-refractivity contribution in [1.29, 1.82) is 0 Å². The molecule has 6 heteroatoms. The van der Waals surface area contributed by atoms with E-state index in [0.717, 1.165) is 62.3 Å². The number of nitrogens with zero attached hydrogens (tertiary/aromatic N) is 3. The summed E-state index contributed by atoms with van der Waals surface area (Å²) in [6.45, 7) is 4.97. The number of hydrogen-bond donors (Lipinski definition) is 1. The van der Waals surface area contributed by atoms with Gasteiger partial charge in [-0.1, -0.05) is 37.0 Å². The van der Waals surface area contributed by atoms with Crippen molar-refractivity contribution >= 4 is 5.91 Å². The summed E-state index contributed by atoms with van der Waals surface area (Å²) in [5.41, 5.74) is 4.24. The second-order valence-corrected chi connectivity index (χ2v) is 9.29. The molecule has 4 rings (SSSR count). The standard InChI is InChI=1S/C25H36N4O2/c1-18-11-12-23(31-3)20(14-18)17-29-13-7-8-19(16-29)24-22(15-26-27-24)25(30)28(2)21-9-5-4-6-10-21/h11-12,14-15,19,21H,4-10,13,16-17H2,1-3H3,(H,26,27)/t19-/m0/s1. The molecule has 1 aromatic heterocycles. The van der Waals surface area contributed by atoms with Crippen LogP contribution in [-0.2, 0) is 6.54 Å². The number of benzene rings is 1. The van der Waals surface area contributed by atoms with Crippen molar-refractivity contribution < 1.29 is 9.53 Å². The molecular formula is C25H36N4O2. The summed E-state index contributed by atoms with van der Waals surface area (Å²) in [4.78, 5) is 17.7. The van der Waals surface area contributed by atoms with Gasteiger partial charge in [-0.2, -0.15) is 5.10 Å². The summed E-state index contributed by atoms with van der Waals surface area (Å²) in [5, 5.41) is 7.46. The van der Waals surface area contributed by atoms with Gasteiger partial charge in [0.2, 0.25) is 0 Å². The van der Waals surface area contributed by atoms with E-state index >= 15 is 0 Å². The molecule has 1 saturated heterocycles. The van der Waals surface area contributed by atoms with E-state index in [9.17, 15) is 4.79 Å². The molecule has 0 radical (unpaired) electrons. The fraction of sp³-hybridized carbons (Fsp3) is 0.600. The molecule has 1 aromatic carbocycles. The molecule has 0 bridgehead atoms. The summed E-state index contributed by atoms with van der Waals surface area (Å²) in [6, 6.07) is 6.72. The number of rotatable bonds is 6. The Hall–Kier alpha value is -2.34. The highest BCUT2D eigenvalue weighted by Crippen LogP contribution is 2.31. The number of aromatic amines is 1. The van der Waals surface area contributed by atoms with Crippen LogP contribution in [0, 0.1) is 6.92 Å². The van der Waals surface area contributed by atoms with Crippen LogP contribution < -0.4 is 4.74 Å². The third-order valence-corrected chi connectivity index (χ3v) is 7.09. The molecule has 0 unspecified atom stereocenters. The number of aryl methyl sites for hydroxylation is 1. The first-order valence-electron chi connectivity index (χ1n) is 11.7. The molecule has 2 fully saturated rings. The molecule has 1 N–H and O–H groups in total. The zero-order chi connectivity index (χ0) is 21.8. The molecule has 2 aliphatic rings. The predicted octanol–water partition coefficient (Wildman–Crippen LogP) is 4.51. The smallest absolute Gasteiger partial charge is 0.257 e. The number of carbonyl (C=O) groups excluding carboxylic acids is 1. The van der Waals surface area contributed by atoms with Crippen molar-refractivity contribution in [1.82, 2.24) is 20.0 Å². The van der Waals surface area contributed by atoms with E-state index in [2.05, 4.69) is 40.2 Å². The predicted molar refractivity (Wildman–Crippen MR) is 123 cm³/mol. The Balaban J connectivity index is 1.46. The molecule has 2 aromatic rings. The van der Waals surface area contributed by atoms with E-state index in [0.29, 0.717) is 12.0 Å². The summed E-state index contributed by atoms with van der Waals surface area (Å²) in [7, 11) is 3.70. The summed E-state index contributed by atoms with van der Waals surface area (Å²) in [5.74, 6) is 1.36. The van der Waals surface area contributed by atoms with E-state index < -0.39 is 0 Å². The molecule has 1 saturated carbocycles. The van der Waals surface area contributed by atoms with Crippen LogP contribution in [0.2, 0.25) is 0 Å². The van der Waals surface area contributed by atoms with Crippen LogP contribution in [0.25, 0.3) is 0 Å². The average molecular weight is 425 g/mol. The first kappa shape index (κ1) is 21.9. The number of carbonyl (C=O) groups is 1. The maximum atomic E-state index is 13.3. The quantitative estimate of drug-likeness (QED) is 0.741. The normalized spacial score (nSPS) is 20.5. The Bertz CT molecular complexity index is 887. The van der Waals surface area contributed by atoms with Crippen LogP contribution >= 0.6 is 0 Å². The van der Waals surface area contributed by atoms with Crippen LogP contribution in [0.4, 0.5) is 0 Å². The minimum Gasteiger partial charge on any atom is -0.496 e. The van der Waals surface area contributed by atoms with Gasteiger partial charge in [-0.25, -0.2) is 0 Å². The van der Waals surface area contributed by atoms with Crippen molar-refractivity contribution in [2.24, 2.45) is 0 Å². The lowest BCUT2D eigenvalue weighted by atomic mass is 9.91. The Kier molecular flexibility index (Phi) is 6.96. The summed E-state index contributed by atoms with van der Waals surface area (Å²) < 4.78 is 5.58. The van der Waals surface area contributed by atoms with Gasteiger partial charge in [-0.3, -0.25) is 14.8 Å². The molecule has 1 atom stereocenters. The molecule has 6 nitrogen and oxygen atoms in total. The van der Waals surface area contributed by atoms with Crippen LogP contribution in [-0.4, -0.2) is 59.2 Å². The molecule has 31 heavy (non-hydrogen) atoms. The fourth-order valence-electron chi connectivity index (χ4n) is 5.31. The van der Waals surface area contributed by atoms with Gasteiger partial charge >= 0.3 is 0 Å². The third-order valence-electron chi connectivity index (χ3n) is 7.09. The third kappa shape index (κ3) is 4.95. The Morgan fingerprint density at radius 2 is 2.03 bits per heavy atom. The minimum atomic E-state index is 0.119. The largest absolute Gasteiger partial charge is 0.496 e. The number of amides is 1. The van der Waals surface area contributed by atoms with Crippen LogP contribution in [0.15, 0.2) is 24.4 Å². The van der Waals surface area contributed by atoms with E-state index in [1.54, 1.807) is 13.3 Å². The van der Waals surface area contributed by atoms with Crippen molar-refractivity contribution in [3.05, 3.63) is 46.8 Å². The fourth-order valence-corrected chi connectivity index (χ4v) is 5.31. The number of likely N-dealkylation sites (tertiary alicyclic amines) is 1. The first-order chi connectivity index (χ1) is 15.1. The zero-order valence-electron chi connectivity index (χ0n) is 19.2. The highest BCUT2D eigenvalue weighted by Gasteiger charge is 2.30. The second kappa shape index (κ2) is 9.86. The number of aromatic nitrogens is 2. The van der Waals surface area contributed by atoms with Gasteiger partial charge in [0.15, 0.2) is 0 Å². The van der Waals surface area contributed by atoms with Crippen LogP contribution in [0.1, 0.15) is 78.0 Å². The van der Waals surface area contributed by atoms with Gasteiger partial charge in [-0.05, 0) is 45.2 Å². The number of H-pyrrole nitrogens is 1. The van der Waals surface area contributed by atoms with E-state index in [4.69, 9.17) is 4.74 Å². The number of methoxy groups -OCH3 is 1. The van der Waals surface area contributed by atoms with Gasteiger partial charge in [0.05, 0.1) is 24.6 Å². The average Bonchev–Trinajstić information content (AvgIpc) is 3.29. The molecule has 1 aliphatic carbocycles. The number of ether oxygens (including phenoxy) is 1. The summed E-state index contributed by atoms with van der Waals surface area (Å²) >= 11 is 0. The van der Waals surface area contributed by atoms with Gasteiger partial charge < -0.3 is 9.64 Å². The molecule has 2 heterocycles. The highest BCUT2D eigenvalue weighted by atomic mass is 16.5. The SMILES string of the molecule is COc1ccc(C)cc1CN1CCC[C@H](c2[nH]ncc2C(=O)N(C)C2CCCCC2)C1. The van der Waals surface area contributed by atoms with Crippen molar-refractivity contribution in [3.8, 4) is 5.75 Å². The minimum absolute atomic E-state index is 0.119. The molecule has 0 spiro atoms. The Morgan fingerprint density at radius 3 is 2.81 bits per heavy atom. The molecule has 1 amide bonds. The lowest BCUT2D eigenvalue weighted by Crippen LogP contribution is -2.39. The van der Waals surface area contributed by atoms with Gasteiger partial charge in [-0.15, -0.1) is 0 Å². The maximum absolute atomic E-state index is 13.3. The Morgan fingerprint density at radius 1 is 1.23 bits per heavy atom. The monoisotopic (exact) mass is 424 g/mol. The summed E-state index contributed by atoms with van der Waals surface area (Å²) in [6.07, 6.45) is 9.90. The van der Waals surface area contributed by atoms with E-state index in [1.807, 2.05) is 11.9 Å². The van der Waals surface area contributed by atoms with Gasteiger partial charge in [0.25, 0.3) is 5.91 Å². The molecular weight excluding hydrogens is 388 g/mol. The molecule has 168 valence electrons. The number of piperidine rings is 1. The van der Waals surface area contributed by atoms with Crippen molar-refractivity contribution in [2.45, 2.75) is 70.4 Å². The van der Waals surface area contributed by atoms with Gasteiger partial charge in [0, 0.05) is 37.7 Å². The van der Waals surface area contributed by atoms with Crippen LogP contribution in [0.5, 0.6) is 5.75 Å². The second-order valence-electron chi connectivity index (χ2n) is 9.29. The zero-order valence-corrected chi connectivity index (χ0v) is 19.2. The van der Waals surface area contributed by atoms with E-state index in [1.165, 1.54) is 30.4 Å². The lowest BCUT2D eigenvalue weighted by Gasteiger charge is -2.34. The van der Waals surface area contributed by atoms with Crippen LogP contribution in [0.3, 0.4) is 0 Å². The van der Waals surface area contributed by atoms with Gasteiger partial charge in [0.1, 0.15) is 5.75 Å². The number of hydrogen-bond acceptors (Lipinski definition) is 4. The van der Waals surface area contributed by atoms with Crippen molar-refractivity contribution in [2.75, 3.05) is 27.2 Å². The highest BCUT2D eigenvalue weighted by molar-refractivity contribution is 5.95. The van der Waals surface area contributed by atoms with Crippen molar-refractivity contribution in [3.63, 3.8) is 0 Å². The lowest BCUT2D eigenvalue weighted by molar-refractivity contribution is 0.0693. The maximum Gasteiger partial charge on any atom is 0.257 e. The Labute approximate surface area is 186 Å². The first-order valence-corrected chi connectivity index (χ1v) is 11.7. The number of nitrogens with one attached hydrogen (secondary N) is 1. The van der Waals surface area contributed by atoms with E-state index in [-0.39, 0.29) is 5.91 Å².